The quantitative estimate of drug-likeness (QED) is 0.588. The molecule has 12 heavy (non-hydrogen) atoms. The molecule has 2 unspecified atom stereocenters. The summed E-state index contributed by atoms with van der Waals surface area (Å²) in [4.78, 5) is 9.86. The first kappa shape index (κ1) is 11.5. The van der Waals surface area contributed by atoms with Gasteiger partial charge in [-0.3, -0.25) is 0 Å². The highest BCUT2D eigenvalue weighted by Gasteiger charge is 2.14. The summed E-state index contributed by atoms with van der Waals surface area (Å²) in [7, 11) is 0. The third-order valence-electron chi connectivity index (χ3n) is 2.43. The van der Waals surface area contributed by atoms with Crippen molar-refractivity contribution in [3.63, 3.8) is 0 Å². The molecule has 0 heterocycles. The molecule has 0 amide bonds. The Labute approximate surface area is 75.3 Å². The van der Waals surface area contributed by atoms with Gasteiger partial charge in [-0.1, -0.05) is 33.6 Å². The topological polar surface area (TPSA) is 26.3 Å². The summed E-state index contributed by atoms with van der Waals surface area (Å²) < 4.78 is 4.65. The number of carbonyl (C=O) groups excluding carboxylic acids is 1. The smallest absolute Gasteiger partial charge is 0.417 e. The third kappa shape index (κ3) is 4.37. The SMILES string of the molecule is CCCC(C)C(CC)CO[C]=O. The molecule has 0 aliphatic carbocycles. The fourth-order valence-corrected chi connectivity index (χ4v) is 1.52. The molecule has 0 rings (SSSR count). The van der Waals surface area contributed by atoms with Crippen molar-refractivity contribution in [2.75, 3.05) is 6.61 Å². The van der Waals surface area contributed by atoms with E-state index in [1.807, 2.05) is 0 Å². The lowest BCUT2D eigenvalue weighted by molar-refractivity contribution is 0.174. The summed E-state index contributed by atoms with van der Waals surface area (Å²) in [5.74, 6) is 1.15. The lowest BCUT2D eigenvalue weighted by Gasteiger charge is -2.20. The zero-order valence-electron chi connectivity index (χ0n) is 8.30. The molecule has 0 aromatic heterocycles. The normalized spacial score (nSPS) is 15.2. The predicted octanol–water partition coefficient (Wildman–Crippen LogP) is 2.53. The number of rotatable bonds is 7. The minimum absolute atomic E-state index is 0.506. The Morgan fingerprint density at radius 2 is 2.08 bits per heavy atom. The fourth-order valence-electron chi connectivity index (χ4n) is 1.52. The van der Waals surface area contributed by atoms with E-state index in [0.717, 1.165) is 6.42 Å². The van der Waals surface area contributed by atoms with Crippen LogP contribution in [0, 0.1) is 11.8 Å². The molecule has 71 valence electrons. The molecule has 0 bridgehead atoms. The summed E-state index contributed by atoms with van der Waals surface area (Å²) in [6, 6.07) is 0. The minimum atomic E-state index is 0.506. The van der Waals surface area contributed by atoms with Crippen molar-refractivity contribution in [2.24, 2.45) is 11.8 Å². The summed E-state index contributed by atoms with van der Waals surface area (Å²) in [6.07, 6.45) is 3.48. The second-order valence-corrected chi connectivity index (χ2v) is 3.33. The molecule has 1 radical (unpaired) electrons. The van der Waals surface area contributed by atoms with E-state index < -0.39 is 0 Å². The molecular formula is C10H19O2. The molecule has 0 fully saturated rings. The molecule has 0 saturated heterocycles. The third-order valence-corrected chi connectivity index (χ3v) is 2.43. The van der Waals surface area contributed by atoms with Gasteiger partial charge in [0.25, 0.3) is 0 Å². The van der Waals surface area contributed by atoms with E-state index in [2.05, 4.69) is 25.5 Å². The molecular weight excluding hydrogens is 152 g/mol. The zero-order valence-corrected chi connectivity index (χ0v) is 8.30. The summed E-state index contributed by atoms with van der Waals surface area (Å²) in [6.45, 7) is 8.53. The second kappa shape index (κ2) is 7.14. The van der Waals surface area contributed by atoms with Gasteiger partial charge >= 0.3 is 6.47 Å². The molecule has 2 atom stereocenters. The summed E-state index contributed by atoms with van der Waals surface area (Å²) in [5.41, 5.74) is 0. The van der Waals surface area contributed by atoms with Gasteiger partial charge in [-0.25, -0.2) is 4.79 Å². The molecule has 2 heteroatoms. The van der Waals surface area contributed by atoms with Crippen molar-refractivity contribution >= 4 is 6.47 Å². The first-order chi connectivity index (χ1) is 5.76. The maximum atomic E-state index is 9.86. The molecule has 0 saturated carbocycles. The molecule has 0 N–H and O–H groups in total. The van der Waals surface area contributed by atoms with E-state index in [1.54, 1.807) is 0 Å². The van der Waals surface area contributed by atoms with Gasteiger partial charge in [-0.15, -0.1) is 0 Å². The second-order valence-electron chi connectivity index (χ2n) is 3.33. The van der Waals surface area contributed by atoms with Gasteiger partial charge in [0.1, 0.15) is 0 Å². The van der Waals surface area contributed by atoms with Crippen LogP contribution >= 0.6 is 0 Å². The van der Waals surface area contributed by atoms with E-state index in [-0.39, 0.29) is 0 Å². The average molecular weight is 171 g/mol. The van der Waals surface area contributed by atoms with Crippen molar-refractivity contribution in [1.29, 1.82) is 0 Å². The maximum Gasteiger partial charge on any atom is 0.417 e. The van der Waals surface area contributed by atoms with Gasteiger partial charge in [-0.05, 0) is 18.3 Å². The number of hydrogen-bond donors (Lipinski definition) is 0. The highest BCUT2D eigenvalue weighted by atomic mass is 16.5. The van der Waals surface area contributed by atoms with Crippen LogP contribution in [0.25, 0.3) is 0 Å². The van der Waals surface area contributed by atoms with Crippen molar-refractivity contribution in [1.82, 2.24) is 0 Å². The van der Waals surface area contributed by atoms with Crippen LogP contribution in [0.2, 0.25) is 0 Å². The van der Waals surface area contributed by atoms with E-state index in [0.29, 0.717) is 18.4 Å². The summed E-state index contributed by atoms with van der Waals surface area (Å²) in [5, 5.41) is 0. The van der Waals surface area contributed by atoms with Crippen LogP contribution in [0.4, 0.5) is 0 Å². The first-order valence-corrected chi connectivity index (χ1v) is 4.75. The standard InChI is InChI=1S/C10H19O2/c1-4-6-9(3)10(5-2)7-12-8-11/h9-10H,4-7H2,1-3H3. The fraction of sp³-hybridized carbons (Fsp3) is 0.900. The predicted molar refractivity (Wildman–Crippen MR) is 49.5 cm³/mol. The molecule has 0 aliphatic heterocycles. The Hall–Kier alpha value is -0.530. The molecule has 0 aliphatic rings. The van der Waals surface area contributed by atoms with Gasteiger partial charge in [0.2, 0.25) is 0 Å². The highest BCUT2D eigenvalue weighted by Crippen LogP contribution is 2.20. The van der Waals surface area contributed by atoms with E-state index in [1.165, 1.54) is 19.3 Å². The molecule has 0 aromatic rings. The monoisotopic (exact) mass is 171 g/mol. The minimum Gasteiger partial charge on any atom is -0.457 e. The summed E-state index contributed by atoms with van der Waals surface area (Å²) >= 11 is 0. The van der Waals surface area contributed by atoms with Crippen LogP contribution in [0.1, 0.15) is 40.0 Å². The van der Waals surface area contributed by atoms with Gasteiger partial charge in [-0.2, -0.15) is 0 Å². The van der Waals surface area contributed by atoms with Gasteiger partial charge in [0.05, 0.1) is 6.61 Å². The van der Waals surface area contributed by atoms with Crippen molar-refractivity contribution < 1.29 is 9.53 Å². The highest BCUT2D eigenvalue weighted by molar-refractivity contribution is 5.38. The first-order valence-electron chi connectivity index (χ1n) is 4.75. The van der Waals surface area contributed by atoms with Gasteiger partial charge < -0.3 is 4.74 Å². The van der Waals surface area contributed by atoms with Crippen LogP contribution in [0.3, 0.4) is 0 Å². The Balaban J connectivity index is 3.69. The molecule has 0 spiro atoms. The Bertz CT molecular complexity index is 112. The number of hydrogen-bond acceptors (Lipinski definition) is 2. The lowest BCUT2D eigenvalue weighted by Crippen LogP contribution is -2.16. The van der Waals surface area contributed by atoms with E-state index in [4.69, 9.17) is 0 Å². The maximum absolute atomic E-state index is 9.86. The average Bonchev–Trinajstić information content (AvgIpc) is 2.06. The van der Waals surface area contributed by atoms with Gasteiger partial charge in [0.15, 0.2) is 0 Å². The molecule has 0 aromatic carbocycles. The Morgan fingerprint density at radius 1 is 1.42 bits per heavy atom. The Kier molecular flexibility index (Phi) is 6.82. The van der Waals surface area contributed by atoms with Crippen LogP contribution in [0.15, 0.2) is 0 Å². The van der Waals surface area contributed by atoms with Crippen LogP contribution in [0.5, 0.6) is 0 Å². The van der Waals surface area contributed by atoms with Crippen molar-refractivity contribution in [3.05, 3.63) is 0 Å². The van der Waals surface area contributed by atoms with Crippen molar-refractivity contribution in [3.8, 4) is 0 Å². The van der Waals surface area contributed by atoms with E-state index >= 15 is 0 Å². The lowest BCUT2D eigenvalue weighted by atomic mass is 9.89. The van der Waals surface area contributed by atoms with Gasteiger partial charge in [0, 0.05) is 0 Å². The van der Waals surface area contributed by atoms with Crippen LogP contribution in [-0.2, 0) is 9.53 Å². The zero-order chi connectivity index (χ0) is 9.40. The van der Waals surface area contributed by atoms with Crippen molar-refractivity contribution in [2.45, 2.75) is 40.0 Å². The number of ether oxygens (including phenoxy) is 1. The largest absolute Gasteiger partial charge is 0.457 e. The van der Waals surface area contributed by atoms with E-state index in [9.17, 15) is 4.79 Å². The van der Waals surface area contributed by atoms with Crippen LogP contribution < -0.4 is 0 Å². The van der Waals surface area contributed by atoms with Crippen LogP contribution in [-0.4, -0.2) is 13.1 Å². The molecule has 2 nitrogen and oxygen atoms in total. The Morgan fingerprint density at radius 3 is 2.50 bits per heavy atom.